The maximum absolute atomic E-state index is 6.25. The number of H-pyrrole nitrogens is 1. The van der Waals surface area contributed by atoms with E-state index in [0.29, 0.717) is 35.2 Å². The first kappa shape index (κ1) is 20.2. The molecule has 2 unspecified atom stereocenters. The average Bonchev–Trinajstić information content (AvgIpc) is 3.27. The van der Waals surface area contributed by atoms with Gasteiger partial charge >= 0.3 is 0 Å². The molecule has 29 heavy (non-hydrogen) atoms. The highest BCUT2D eigenvalue weighted by Crippen LogP contribution is 2.33. The zero-order chi connectivity index (χ0) is 20.4. The number of aryl methyl sites for hydroxylation is 1. The molecule has 0 aliphatic heterocycles. The summed E-state index contributed by atoms with van der Waals surface area (Å²) in [4.78, 5) is 4.53. The molecule has 0 amide bonds. The van der Waals surface area contributed by atoms with Gasteiger partial charge in [0.15, 0.2) is 11.5 Å². The molecule has 2 heterocycles. The molecule has 0 radical (unpaired) electrons. The Balaban J connectivity index is 1.35. The Morgan fingerprint density at radius 1 is 1.28 bits per heavy atom. The minimum Gasteiger partial charge on any atom is -0.363 e. The fourth-order valence-corrected chi connectivity index (χ4v) is 4.45. The Kier molecular flexibility index (Phi) is 6.11. The van der Waals surface area contributed by atoms with Crippen LogP contribution in [0.1, 0.15) is 51.6 Å². The number of rotatable bonds is 7. The Morgan fingerprint density at radius 2 is 2.03 bits per heavy atom. The molecule has 0 spiro atoms. The molecule has 7 heteroatoms. The maximum Gasteiger partial charge on any atom is 0.194 e. The zero-order valence-corrected chi connectivity index (χ0v) is 18.2. The third kappa shape index (κ3) is 4.28. The molecule has 6 nitrogen and oxygen atoms in total. The lowest BCUT2D eigenvalue weighted by Gasteiger charge is -2.35. The monoisotopic (exact) mass is 415 g/mol. The van der Waals surface area contributed by atoms with Crippen molar-refractivity contribution in [3.05, 3.63) is 35.0 Å². The number of nitrogens with zero attached hydrogens (tertiary/aromatic N) is 3. The highest BCUT2D eigenvalue weighted by molar-refractivity contribution is 6.34. The second-order valence-electron chi connectivity index (χ2n) is 8.16. The Hall–Kier alpha value is -2.05. The molecule has 2 aromatic heterocycles. The van der Waals surface area contributed by atoms with Crippen LogP contribution in [0.4, 0.5) is 5.69 Å². The lowest BCUT2D eigenvalue weighted by Crippen LogP contribution is -2.33. The van der Waals surface area contributed by atoms with E-state index in [0.717, 1.165) is 22.9 Å². The number of halogens is 1. The minimum absolute atomic E-state index is 0.372. The molecule has 4 rings (SSSR count). The number of aromatic amines is 1. The van der Waals surface area contributed by atoms with E-state index in [4.69, 9.17) is 16.3 Å². The van der Waals surface area contributed by atoms with E-state index in [9.17, 15) is 0 Å². The number of anilines is 1. The van der Waals surface area contributed by atoms with Crippen molar-refractivity contribution < 1.29 is 4.74 Å². The van der Waals surface area contributed by atoms with Crippen molar-refractivity contribution in [2.75, 3.05) is 12.0 Å². The van der Waals surface area contributed by atoms with Gasteiger partial charge in [0.2, 0.25) is 0 Å². The molecule has 3 aromatic rings. The van der Waals surface area contributed by atoms with Gasteiger partial charge in [-0.15, -0.1) is 5.10 Å². The number of aromatic nitrogens is 4. The van der Waals surface area contributed by atoms with Crippen LogP contribution in [-0.4, -0.2) is 32.6 Å². The highest BCUT2D eigenvalue weighted by atomic mass is 35.5. The van der Waals surface area contributed by atoms with Gasteiger partial charge in [-0.25, -0.2) is 4.98 Å². The molecule has 1 fully saturated rings. The number of hydrogen-bond acceptors (Lipinski definition) is 4. The van der Waals surface area contributed by atoms with E-state index >= 15 is 0 Å². The molecule has 1 aromatic carbocycles. The van der Waals surface area contributed by atoms with Gasteiger partial charge in [0.05, 0.1) is 11.8 Å². The summed E-state index contributed by atoms with van der Waals surface area (Å²) < 4.78 is 7.85. The summed E-state index contributed by atoms with van der Waals surface area (Å²) in [6.07, 6.45) is 6.69. The summed E-state index contributed by atoms with van der Waals surface area (Å²) in [6.45, 7) is 7.08. The van der Waals surface area contributed by atoms with Crippen LogP contribution in [0.2, 0.25) is 5.02 Å². The largest absolute Gasteiger partial charge is 0.363 e. The Bertz CT molecular complexity index is 948. The van der Waals surface area contributed by atoms with Crippen LogP contribution in [0.15, 0.2) is 24.3 Å². The lowest BCUT2D eigenvalue weighted by atomic mass is 9.77. The third-order valence-corrected chi connectivity index (χ3v) is 6.70. The molecular weight excluding hydrogens is 386 g/mol. The molecule has 156 valence electrons. The van der Waals surface area contributed by atoms with E-state index in [-0.39, 0.29) is 0 Å². The topological polar surface area (TPSA) is 67.2 Å². The van der Waals surface area contributed by atoms with Crippen molar-refractivity contribution in [2.24, 2.45) is 11.8 Å². The van der Waals surface area contributed by atoms with E-state index in [1.165, 1.54) is 32.1 Å². The van der Waals surface area contributed by atoms with Gasteiger partial charge in [-0.05, 0) is 55.9 Å². The average molecular weight is 416 g/mol. The molecule has 0 saturated heterocycles. The van der Waals surface area contributed by atoms with E-state index < -0.39 is 0 Å². The predicted octanol–water partition coefficient (Wildman–Crippen LogP) is 5.68. The summed E-state index contributed by atoms with van der Waals surface area (Å²) in [5.74, 6) is 2.06. The van der Waals surface area contributed by atoms with Crippen molar-refractivity contribution in [1.29, 1.82) is 0 Å². The van der Waals surface area contributed by atoms with Crippen LogP contribution < -0.4 is 5.32 Å². The van der Waals surface area contributed by atoms with Crippen molar-refractivity contribution in [3.8, 4) is 11.4 Å². The van der Waals surface area contributed by atoms with Gasteiger partial charge in [0.25, 0.3) is 0 Å². The predicted molar refractivity (Wildman–Crippen MR) is 117 cm³/mol. The number of hydrogen-bond donors (Lipinski definition) is 2. The zero-order valence-electron chi connectivity index (χ0n) is 17.4. The lowest BCUT2D eigenvalue weighted by molar-refractivity contribution is -0.0207. The SMILES string of the molecule is CCC(C)[C@@H]1CCCCC1OCNc1ccc(-c2nc3c(Cl)c(C)[nH]n3n2)cc1. The van der Waals surface area contributed by atoms with Crippen LogP contribution in [0.3, 0.4) is 0 Å². The first-order valence-corrected chi connectivity index (χ1v) is 11.0. The van der Waals surface area contributed by atoms with Crippen molar-refractivity contribution in [3.63, 3.8) is 0 Å². The van der Waals surface area contributed by atoms with Crippen molar-refractivity contribution in [2.45, 2.75) is 59.0 Å². The summed E-state index contributed by atoms with van der Waals surface area (Å²) in [5, 5.41) is 11.6. The molecular formula is C22H30ClN5O. The standard InChI is InChI=1S/C22H30ClN5O/c1-4-14(2)18-7-5-6-8-19(18)29-13-24-17-11-9-16(10-12-17)21-25-22-20(23)15(3)26-28(22)27-21/h9-12,14,18-19,24,26H,4-8,13H2,1-3H3/t14?,18-,19?/m0/s1. The highest BCUT2D eigenvalue weighted by Gasteiger charge is 2.29. The smallest absolute Gasteiger partial charge is 0.194 e. The summed E-state index contributed by atoms with van der Waals surface area (Å²) in [5.41, 5.74) is 3.49. The van der Waals surface area contributed by atoms with Gasteiger partial charge in [-0.3, -0.25) is 5.10 Å². The maximum atomic E-state index is 6.25. The van der Waals surface area contributed by atoms with Crippen LogP contribution in [0.5, 0.6) is 0 Å². The molecule has 1 saturated carbocycles. The Labute approximate surface area is 177 Å². The van der Waals surface area contributed by atoms with E-state index in [1.807, 2.05) is 31.2 Å². The van der Waals surface area contributed by atoms with Crippen LogP contribution in [0, 0.1) is 18.8 Å². The second-order valence-corrected chi connectivity index (χ2v) is 8.54. The third-order valence-electron chi connectivity index (χ3n) is 6.25. The number of benzene rings is 1. The normalized spacial score (nSPS) is 20.8. The van der Waals surface area contributed by atoms with Gasteiger partial charge in [-0.1, -0.05) is 44.7 Å². The van der Waals surface area contributed by atoms with Gasteiger partial charge < -0.3 is 10.1 Å². The van der Waals surface area contributed by atoms with E-state index in [2.05, 4.69) is 34.3 Å². The number of ether oxygens (including phenoxy) is 1. The van der Waals surface area contributed by atoms with Gasteiger partial charge in [0.1, 0.15) is 11.8 Å². The van der Waals surface area contributed by atoms with Crippen LogP contribution >= 0.6 is 11.6 Å². The molecule has 2 N–H and O–H groups in total. The Morgan fingerprint density at radius 3 is 2.76 bits per heavy atom. The molecule has 1 aliphatic rings. The number of fused-ring (bicyclic) bond motifs is 1. The van der Waals surface area contributed by atoms with Gasteiger partial charge in [-0.2, -0.15) is 4.63 Å². The van der Waals surface area contributed by atoms with Crippen molar-refractivity contribution in [1.82, 2.24) is 19.8 Å². The fourth-order valence-electron chi connectivity index (χ4n) is 4.29. The summed E-state index contributed by atoms with van der Waals surface area (Å²) in [7, 11) is 0. The summed E-state index contributed by atoms with van der Waals surface area (Å²) in [6, 6.07) is 8.10. The van der Waals surface area contributed by atoms with E-state index in [1.54, 1.807) is 4.63 Å². The van der Waals surface area contributed by atoms with Crippen LogP contribution in [0.25, 0.3) is 17.0 Å². The molecule has 0 bridgehead atoms. The van der Waals surface area contributed by atoms with Gasteiger partial charge in [0, 0.05) is 11.3 Å². The minimum atomic E-state index is 0.372. The van der Waals surface area contributed by atoms with Crippen molar-refractivity contribution >= 4 is 22.9 Å². The summed E-state index contributed by atoms with van der Waals surface area (Å²) >= 11 is 6.25. The first-order valence-electron chi connectivity index (χ1n) is 10.6. The fraction of sp³-hybridized carbons (Fsp3) is 0.545. The first-order chi connectivity index (χ1) is 14.1. The molecule has 3 atom stereocenters. The molecule has 1 aliphatic carbocycles. The quantitative estimate of drug-likeness (QED) is 0.487. The number of nitrogens with one attached hydrogen (secondary N) is 2. The van der Waals surface area contributed by atoms with Crippen LogP contribution in [-0.2, 0) is 4.74 Å². The second kappa shape index (κ2) is 8.76.